The molecule has 2 amide bonds. The van der Waals surface area contributed by atoms with Crippen molar-refractivity contribution in [2.45, 2.75) is 30.8 Å². The first-order valence-electron chi connectivity index (χ1n) is 12.2. The van der Waals surface area contributed by atoms with Crippen LogP contribution >= 0.6 is 11.6 Å². The summed E-state index contributed by atoms with van der Waals surface area (Å²) in [5, 5.41) is 3.26. The van der Waals surface area contributed by atoms with Crippen molar-refractivity contribution >= 4 is 33.6 Å². The Morgan fingerprint density at radius 1 is 1.13 bits per heavy atom. The van der Waals surface area contributed by atoms with E-state index in [1.807, 2.05) is 11.8 Å². The number of hydrogen-bond acceptors (Lipinski definition) is 6. The Hall–Kier alpha value is -2.99. The first kappa shape index (κ1) is 28.0. The maximum absolute atomic E-state index is 13.6. The fraction of sp³-hybridized carbons (Fsp3) is 0.385. The largest absolute Gasteiger partial charge is 0.463 e. The number of likely N-dealkylation sites (N-methyl/N-ethyl adjacent to an activating group) is 1. The number of nitrogens with one attached hydrogen (secondary N) is 1. The van der Waals surface area contributed by atoms with E-state index in [0.29, 0.717) is 29.4 Å². The van der Waals surface area contributed by atoms with Crippen molar-refractivity contribution in [3.63, 3.8) is 0 Å². The third-order valence-corrected chi connectivity index (χ3v) is 9.00. The van der Waals surface area contributed by atoms with Gasteiger partial charge in [-0.1, -0.05) is 23.7 Å². The third-order valence-electron chi connectivity index (χ3n) is 6.72. The van der Waals surface area contributed by atoms with E-state index in [1.165, 1.54) is 45.6 Å². The van der Waals surface area contributed by atoms with Gasteiger partial charge >= 0.3 is 12.0 Å². The molecule has 0 radical (unpaired) electrons. The second kappa shape index (κ2) is 11.4. The lowest BCUT2D eigenvalue weighted by Gasteiger charge is -2.41. The second-order valence-corrected chi connectivity index (χ2v) is 11.6. The van der Waals surface area contributed by atoms with Crippen molar-refractivity contribution in [1.82, 2.24) is 19.4 Å². The molecule has 4 rings (SSSR count). The van der Waals surface area contributed by atoms with Gasteiger partial charge in [-0.05, 0) is 55.8 Å². The van der Waals surface area contributed by atoms with Gasteiger partial charge < -0.3 is 10.1 Å². The molecule has 0 unspecified atom stereocenters. The Balaban J connectivity index is 1.62. The molecule has 2 atom stereocenters. The van der Waals surface area contributed by atoms with Crippen LogP contribution in [-0.4, -0.2) is 80.4 Å². The van der Waals surface area contributed by atoms with E-state index in [1.54, 1.807) is 26.1 Å². The van der Waals surface area contributed by atoms with Crippen molar-refractivity contribution in [2.75, 3.05) is 39.8 Å². The molecule has 1 fully saturated rings. The Morgan fingerprint density at radius 3 is 2.39 bits per heavy atom. The highest BCUT2D eigenvalue weighted by Gasteiger charge is 2.39. The Labute approximate surface area is 226 Å². The van der Waals surface area contributed by atoms with E-state index in [9.17, 15) is 22.4 Å². The Morgan fingerprint density at radius 2 is 1.79 bits per heavy atom. The van der Waals surface area contributed by atoms with Crippen LogP contribution < -0.4 is 5.32 Å². The molecule has 0 aromatic heterocycles. The Bertz CT molecular complexity index is 1330. The number of piperazine rings is 1. The number of sulfonamides is 1. The van der Waals surface area contributed by atoms with Gasteiger partial charge in [-0.3, -0.25) is 9.80 Å². The molecule has 12 heteroatoms. The summed E-state index contributed by atoms with van der Waals surface area (Å²) in [5.41, 5.74) is 1.24. The van der Waals surface area contributed by atoms with Crippen LogP contribution in [0.25, 0.3) is 0 Å². The van der Waals surface area contributed by atoms with E-state index < -0.39 is 33.9 Å². The van der Waals surface area contributed by atoms with Crippen molar-refractivity contribution in [3.05, 3.63) is 76.2 Å². The summed E-state index contributed by atoms with van der Waals surface area (Å²) in [6.45, 7) is 4.86. The first-order chi connectivity index (χ1) is 18.0. The highest BCUT2D eigenvalue weighted by molar-refractivity contribution is 7.89. The summed E-state index contributed by atoms with van der Waals surface area (Å²) in [7, 11) is -2.16. The minimum Gasteiger partial charge on any atom is -0.463 e. The standard InChI is InChI=1S/C26H30ClFN4O5S/c1-4-37-25(33)23-22(30(3)26(34)29-24(23)18-5-9-20(28)10-6-18)16-31-13-14-32(17(2)15-31)38(35,36)21-11-7-19(27)8-12-21/h5-12,17,24H,4,13-16H2,1-3H3,(H,29,34)/t17-,24-/m0/s1. The predicted molar refractivity (Wildman–Crippen MR) is 140 cm³/mol. The van der Waals surface area contributed by atoms with Crippen LogP contribution in [0.5, 0.6) is 0 Å². The van der Waals surface area contributed by atoms with Crippen molar-refractivity contribution in [3.8, 4) is 0 Å². The summed E-state index contributed by atoms with van der Waals surface area (Å²) in [6, 6.07) is 10.0. The van der Waals surface area contributed by atoms with Gasteiger partial charge in [0.1, 0.15) is 5.82 Å². The predicted octanol–water partition coefficient (Wildman–Crippen LogP) is 3.39. The molecule has 2 aliphatic heterocycles. The molecular weight excluding hydrogens is 535 g/mol. The molecule has 1 N–H and O–H groups in total. The summed E-state index contributed by atoms with van der Waals surface area (Å²) in [4.78, 5) is 29.6. The molecule has 1 saturated heterocycles. The molecule has 0 saturated carbocycles. The normalized spacial score (nSPS) is 21.4. The molecule has 2 aliphatic rings. The molecule has 2 aromatic carbocycles. The molecule has 0 spiro atoms. The lowest BCUT2D eigenvalue weighted by atomic mass is 9.94. The second-order valence-electron chi connectivity index (χ2n) is 9.23. The number of esters is 1. The number of hydrogen-bond donors (Lipinski definition) is 1. The number of nitrogens with zero attached hydrogens (tertiary/aromatic N) is 3. The zero-order valence-corrected chi connectivity index (χ0v) is 22.9. The van der Waals surface area contributed by atoms with Crippen LogP contribution in [0, 0.1) is 5.82 Å². The number of carbonyl (C=O) groups excluding carboxylic acids is 2. The number of benzene rings is 2. The zero-order valence-electron chi connectivity index (χ0n) is 21.4. The molecule has 2 heterocycles. The van der Waals surface area contributed by atoms with Crippen LogP contribution in [0.2, 0.25) is 5.02 Å². The molecule has 9 nitrogen and oxygen atoms in total. The summed E-state index contributed by atoms with van der Waals surface area (Å²) < 4.78 is 46.8. The van der Waals surface area contributed by atoms with E-state index >= 15 is 0 Å². The molecule has 204 valence electrons. The molecule has 2 aromatic rings. The van der Waals surface area contributed by atoms with Crippen LogP contribution in [0.4, 0.5) is 9.18 Å². The van der Waals surface area contributed by atoms with Gasteiger partial charge in [0, 0.05) is 50.0 Å². The highest BCUT2D eigenvalue weighted by Crippen LogP contribution is 2.32. The fourth-order valence-electron chi connectivity index (χ4n) is 4.77. The lowest BCUT2D eigenvalue weighted by molar-refractivity contribution is -0.139. The number of urea groups is 1. The Kier molecular flexibility index (Phi) is 8.41. The average molecular weight is 565 g/mol. The molecular formula is C26H30ClFN4O5S. The quantitative estimate of drug-likeness (QED) is 0.518. The first-order valence-corrected chi connectivity index (χ1v) is 14.0. The lowest BCUT2D eigenvalue weighted by Crippen LogP contribution is -2.56. The number of ether oxygens (including phenoxy) is 1. The van der Waals surface area contributed by atoms with Gasteiger partial charge in [0.2, 0.25) is 10.0 Å². The van der Waals surface area contributed by atoms with Gasteiger partial charge in [0.25, 0.3) is 0 Å². The van der Waals surface area contributed by atoms with E-state index in [2.05, 4.69) is 5.32 Å². The minimum atomic E-state index is -3.73. The monoisotopic (exact) mass is 564 g/mol. The number of halogens is 2. The average Bonchev–Trinajstić information content (AvgIpc) is 2.87. The maximum atomic E-state index is 13.6. The SMILES string of the molecule is CCOC(=O)C1=C(CN2CCN(S(=O)(=O)c3ccc(Cl)cc3)[C@@H](C)C2)N(C)C(=O)N[C@H]1c1ccc(F)cc1. The number of rotatable bonds is 7. The fourth-order valence-corrected chi connectivity index (χ4v) is 6.51. The maximum Gasteiger partial charge on any atom is 0.338 e. The van der Waals surface area contributed by atoms with Crippen LogP contribution in [0.3, 0.4) is 0 Å². The van der Waals surface area contributed by atoms with Gasteiger partial charge in [0.05, 0.1) is 23.1 Å². The number of carbonyl (C=O) groups is 2. The van der Waals surface area contributed by atoms with E-state index in [4.69, 9.17) is 16.3 Å². The summed E-state index contributed by atoms with van der Waals surface area (Å²) >= 11 is 5.92. The van der Waals surface area contributed by atoms with Gasteiger partial charge in [-0.15, -0.1) is 0 Å². The van der Waals surface area contributed by atoms with Crippen molar-refractivity contribution < 1.29 is 27.1 Å². The topological polar surface area (TPSA) is 99.3 Å². The van der Waals surface area contributed by atoms with E-state index in [-0.39, 0.29) is 36.2 Å². The zero-order chi connectivity index (χ0) is 27.6. The van der Waals surface area contributed by atoms with Crippen molar-refractivity contribution in [2.24, 2.45) is 0 Å². The minimum absolute atomic E-state index is 0.141. The smallest absolute Gasteiger partial charge is 0.338 e. The van der Waals surface area contributed by atoms with Gasteiger partial charge in [-0.2, -0.15) is 4.31 Å². The van der Waals surface area contributed by atoms with Crippen molar-refractivity contribution in [1.29, 1.82) is 0 Å². The molecule has 0 aliphatic carbocycles. The van der Waals surface area contributed by atoms with Crippen LogP contribution in [0.1, 0.15) is 25.5 Å². The molecule has 38 heavy (non-hydrogen) atoms. The molecule has 0 bridgehead atoms. The third kappa shape index (κ3) is 5.70. The van der Waals surface area contributed by atoms with Crippen LogP contribution in [0.15, 0.2) is 64.7 Å². The van der Waals surface area contributed by atoms with Gasteiger partial charge in [-0.25, -0.2) is 22.4 Å². The summed E-state index contributed by atoms with van der Waals surface area (Å²) in [5.74, 6) is -1.02. The van der Waals surface area contributed by atoms with E-state index in [0.717, 1.165) is 0 Å². The summed E-state index contributed by atoms with van der Waals surface area (Å²) in [6.07, 6.45) is 0. The number of amides is 2. The van der Waals surface area contributed by atoms with Crippen LogP contribution in [-0.2, 0) is 19.6 Å². The van der Waals surface area contributed by atoms with Gasteiger partial charge in [0.15, 0.2) is 0 Å². The highest BCUT2D eigenvalue weighted by atomic mass is 35.5.